The first kappa shape index (κ1) is 35.3. The second-order valence-corrected chi connectivity index (χ2v) is 16.1. The number of aromatic nitrogens is 1. The van der Waals surface area contributed by atoms with Crippen molar-refractivity contribution in [2.45, 2.75) is 26.2 Å². The Morgan fingerprint density at radius 3 is 1.66 bits per heavy atom. The van der Waals surface area contributed by atoms with Crippen molar-refractivity contribution < 1.29 is 0 Å². The van der Waals surface area contributed by atoms with Crippen molar-refractivity contribution in [1.29, 1.82) is 0 Å². The van der Waals surface area contributed by atoms with Crippen LogP contribution < -0.4 is 4.90 Å². The zero-order valence-electron chi connectivity index (χ0n) is 33.1. The van der Waals surface area contributed by atoms with Gasteiger partial charge in [0.25, 0.3) is 0 Å². The Balaban J connectivity index is 1.35. The van der Waals surface area contributed by atoms with Crippen LogP contribution in [-0.2, 0) is 5.41 Å². The summed E-state index contributed by atoms with van der Waals surface area (Å²) in [5.41, 5.74) is 15.2. The molecule has 0 atom stereocenters. The molecule has 0 radical (unpaired) electrons. The molecule has 1 aromatic heterocycles. The number of hydrogen-bond acceptors (Lipinski definition) is 1. The molecule has 278 valence electrons. The maximum absolute atomic E-state index is 2.54. The van der Waals surface area contributed by atoms with E-state index in [1.165, 1.54) is 60.4 Å². The lowest BCUT2D eigenvalue weighted by Crippen LogP contribution is -2.16. The molecular formula is C56H44N2. The van der Waals surface area contributed by atoms with Crippen molar-refractivity contribution in [2.75, 3.05) is 4.90 Å². The van der Waals surface area contributed by atoms with E-state index in [1.54, 1.807) is 0 Å². The van der Waals surface area contributed by atoms with Gasteiger partial charge in [-0.25, -0.2) is 0 Å². The normalized spacial score (nSPS) is 11.7. The first-order valence-corrected chi connectivity index (χ1v) is 20.2. The zero-order valence-corrected chi connectivity index (χ0v) is 33.1. The molecule has 0 saturated carbocycles. The first-order valence-electron chi connectivity index (χ1n) is 20.2. The topological polar surface area (TPSA) is 8.17 Å². The largest absolute Gasteiger partial charge is 0.307 e. The van der Waals surface area contributed by atoms with Crippen molar-refractivity contribution in [3.8, 4) is 39.1 Å². The van der Waals surface area contributed by atoms with Crippen molar-refractivity contribution in [3.05, 3.63) is 218 Å². The van der Waals surface area contributed by atoms with E-state index in [-0.39, 0.29) is 5.41 Å². The van der Waals surface area contributed by atoms with Gasteiger partial charge in [-0.05, 0) is 86.5 Å². The van der Waals surface area contributed by atoms with Gasteiger partial charge in [0.1, 0.15) is 0 Å². The van der Waals surface area contributed by atoms with Crippen LogP contribution in [0.2, 0.25) is 0 Å². The summed E-state index contributed by atoms with van der Waals surface area (Å²) in [4.78, 5) is 2.54. The summed E-state index contributed by atoms with van der Waals surface area (Å²) in [7, 11) is 0. The molecule has 0 amide bonds. The second kappa shape index (κ2) is 14.4. The first-order chi connectivity index (χ1) is 28.5. The van der Waals surface area contributed by atoms with Gasteiger partial charge in [0.15, 0.2) is 0 Å². The van der Waals surface area contributed by atoms with Gasteiger partial charge < -0.3 is 9.47 Å². The molecule has 0 saturated heterocycles. The average Bonchev–Trinajstić information content (AvgIpc) is 3.62. The van der Waals surface area contributed by atoms with Gasteiger partial charge in [0.05, 0.1) is 28.1 Å². The van der Waals surface area contributed by atoms with Crippen LogP contribution in [-0.4, -0.2) is 4.57 Å². The minimum Gasteiger partial charge on any atom is -0.307 e. The Morgan fingerprint density at radius 2 is 0.931 bits per heavy atom. The van der Waals surface area contributed by atoms with Gasteiger partial charge in [-0.3, -0.25) is 0 Å². The third-order valence-electron chi connectivity index (χ3n) is 11.5. The van der Waals surface area contributed by atoms with Crippen LogP contribution in [0.3, 0.4) is 0 Å². The smallest absolute Gasteiger partial charge is 0.0782 e. The quantitative estimate of drug-likeness (QED) is 0.158. The van der Waals surface area contributed by atoms with Gasteiger partial charge in [-0.1, -0.05) is 191 Å². The lowest BCUT2D eigenvalue weighted by molar-refractivity contribution is 0.590. The van der Waals surface area contributed by atoms with E-state index in [0.717, 1.165) is 33.8 Å². The minimum absolute atomic E-state index is 0.0403. The number of para-hydroxylation sites is 4. The van der Waals surface area contributed by atoms with Gasteiger partial charge in [-0.15, -0.1) is 0 Å². The van der Waals surface area contributed by atoms with Crippen LogP contribution in [0.15, 0.2) is 212 Å². The summed E-state index contributed by atoms with van der Waals surface area (Å²) >= 11 is 0. The monoisotopic (exact) mass is 744 g/mol. The molecule has 0 aliphatic carbocycles. The molecule has 1 heterocycles. The Hall–Kier alpha value is -7.16. The molecule has 0 spiro atoms. The highest BCUT2D eigenvalue weighted by atomic mass is 15.2. The molecule has 0 bridgehead atoms. The number of anilines is 3. The molecule has 0 fully saturated rings. The van der Waals surface area contributed by atoms with Crippen LogP contribution in [0, 0.1) is 0 Å². The highest BCUT2D eigenvalue weighted by Crippen LogP contribution is 2.50. The maximum Gasteiger partial charge on any atom is 0.0782 e. The average molecular weight is 745 g/mol. The number of benzene rings is 9. The van der Waals surface area contributed by atoms with E-state index < -0.39 is 0 Å². The van der Waals surface area contributed by atoms with E-state index in [9.17, 15) is 0 Å². The van der Waals surface area contributed by atoms with Crippen molar-refractivity contribution >= 4 is 49.6 Å². The summed E-state index contributed by atoms with van der Waals surface area (Å²) in [6, 6.07) is 77.6. The number of rotatable bonds is 7. The molecule has 10 aromatic rings. The van der Waals surface area contributed by atoms with E-state index in [4.69, 9.17) is 0 Å². The van der Waals surface area contributed by atoms with E-state index in [1.807, 2.05) is 0 Å². The van der Waals surface area contributed by atoms with Crippen molar-refractivity contribution in [2.24, 2.45) is 0 Å². The highest BCUT2D eigenvalue weighted by molar-refractivity contribution is 6.16. The third kappa shape index (κ3) is 6.06. The molecule has 0 unspecified atom stereocenters. The van der Waals surface area contributed by atoms with Crippen LogP contribution in [0.4, 0.5) is 17.1 Å². The Bertz CT molecular complexity index is 3070. The summed E-state index contributed by atoms with van der Waals surface area (Å²) in [5.74, 6) is 0. The Kier molecular flexibility index (Phi) is 8.76. The van der Waals surface area contributed by atoms with E-state index >= 15 is 0 Å². The van der Waals surface area contributed by atoms with Gasteiger partial charge >= 0.3 is 0 Å². The van der Waals surface area contributed by atoms with Crippen LogP contribution in [0.5, 0.6) is 0 Å². The molecule has 2 nitrogen and oxygen atoms in total. The summed E-state index contributed by atoms with van der Waals surface area (Å²) < 4.78 is 2.45. The summed E-state index contributed by atoms with van der Waals surface area (Å²) in [5, 5.41) is 4.89. The fourth-order valence-electron chi connectivity index (χ4n) is 8.78. The molecule has 0 aliphatic heterocycles. The molecule has 0 aliphatic rings. The third-order valence-corrected chi connectivity index (χ3v) is 11.5. The van der Waals surface area contributed by atoms with Crippen molar-refractivity contribution in [1.82, 2.24) is 4.57 Å². The summed E-state index contributed by atoms with van der Waals surface area (Å²) in [6.45, 7) is 6.90. The minimum atomic E-state index is -0.0403. The maximum atomic E-state index is 2.54. The molecule has 10 rings (SSSR count). The predicted octanol–water partition coefficient (Wildman–Crippen LogP) is 15.7. The van der Waals surface area contributed by atoms with Gasteiger partial charge in [-0.2, -0.15) is 0 Å². The molecule has 58 heavy (non-hydrogen) atoms. The van der Waals surface area contributed by atoms with E-state index in [0.29, 0.717) is 0 Å². The lowest BCUT2D eigenvalue weighted by Gasteiger charge is -2.32. The number of fused-ring (bicyclic) bond motifs is 4. The van der Waals surface area contributed by atoms with Crippen LogP contribution in [0.25, 0.3) is 71.6 Å². The molecule has 0 N–H and O–H groups in total. The Labute approximate surface area is 340 Å². The van der Waals surface area contributed by atoms with Crippen molar-refractivity contribution in [3.63, 3.8) is 0 Å². The zero-order chi connectivity index (χ0) is 39.2. The standard InChI is InChI=1S/C56H44N2/c1-56(2,3)42-36-37-52(49(38-42)40-22-9-5-10-23-40)58(53-35-19-32-48-46-29-14-15-33-50(46)57(55(48)53)43-26-11-6-12-27-43)51-34-16-13-28-45(51)47-31-18-25-41-24-17-30-44(54(41)47)39-20-7-4-8-21-39/h4-38H,1-3H3. The predicted molar refractivity (Wildman–Crippen MR) is 248 cm³/mol. The Morgan fingerprint density at radius 1 is 0.397 bits per heavy atom. The second-order valence-electron chi connectivity index (χ2n) is 16.1. The van der Waals surface area contributed by atoms with Crippen LogP contribution in [0.1, 0.15) is 26.3 Å². The van der Waals surface area contributed by atoms with Gasteiger partial charge in [0.2, 0.25) is 0 Å². The highest BCUT2D eigenvalue weighted by Gasteiger charge is 2.27. The van der Waals surface area contributed by atoms with E-state index in [2.05, 4.69) is 243 Å². The fourth-order valence-corrected chi connectivity index (χ4v) is 8.78. The molecule has 2 heteroatoms. The number of nitrogens with zero attached hydrogens (tertiary/aromatic N) is 2. The fraction of sp³-hybridized carbons (Fsp3) is 0.0714. The molecule has 9 aromatic carbocycles. The SMILES string of the molecule is CC(C)(C)c1ccc(N(c2ccccc2-c2cccc3cccc(-c4ccccc4)c23)c2cccc3c4ccccc4n(-c4ccccc4)c23)c(-c2ccccc2)c1. The summed E-state index contributed by atoms with van der Waals surface area (Å²) in [6.07, 6.45) is 0. The lowest BCUT2D eigenvalue weighted by atomic mass is 9.84. The molecular weight excluding hydrogens is 701 g/mol. The van der Waals surface area contributed by atoms with Crippen LogP contribution >= 0.6 is 0 Å². The number of hydrogen-bond donors (Lipinski definition) is 0. The van der Waals surface area contributed by atoms with Gasteiger partial charge in [0, 0.05) is 27.6 Å².